The zero-order valence-corrected chi connectivity index (χ0v) is 14.4. The molecule has 1 saturated heterocycles. The normalized spacial score (nSPS) is 23.8. The Kier molecular flexibility index (Phi) is 5.89. The van der Waals surface area contributed by atoms with Crippen LogP contribution in [0.1, 0.15) is 30.6 Å². The molecule has 0 bridgehead atoms. The lowest BCUT2D eigenvalue weighted by Gasteiger charge is -2.17. The molecular weight excluding hydrogens is 341 g/mol. The average Bonchev–Trinajstić information content (AvgIpc) is 2.87. The number of nitrogens with one attached hydrogen (secondary N) is 1. The first kappa shape index (κ1) is 18.0. The summed E-state index contributed by atoms with van der Waals surface area (Å²) in [5.41, 5.74) is -0.160. The fraction of sp³-hybridized carbons (Fsp3) is 0.429. The van der Waals surface area contributed by atoms with Crippen molar-refractivity contribution in [2.45, 2.75) is 32.5 Å². The Morgan fingerprint density at radius 1 is 1.43 bits per heavy atom. The molecule has 2 rings (SSSR count). The van der Waals surface area contributed by atoms with Crippen LogP contribution in [0, 0.1) is 6.92 Å². The fourth-order valence-electron chi connectivity index (χ4n) is 2.13. The third-order valence-electron chi connectivity index (χ3n) is 3.28. The van der Waals surface area contributed by atoms with E-state index < -0.39 is 30.0 Å². The van der Waals surface area contributed by atoms with Crippen molar-refractivity contribution in [3.05, 3.63) is 56.3 Å². The van der Waals surface area contributed by atoms with Crippen LogP contribution in [-0.4, -0.2) is 22.6 Å². The molecule has 0 spiro atoms. The molecule has 2 heterocycles. The lowest BCUT2D eigenvalue weighted by molar-refractivity contribution is 0.0892. The van der Waals surface area contributed by atoms with Crippen LogP contribution < -0.4 is 11.1 Å². The molecule has 2 N–H and O–H groups in total. The third-order valence-corrected chi connectivity index (χ3v) is 4.75. The molecule has 126 valence electrons. The van der Waals surface area contributed by atoms with Gasteiger partial charge in [0, 0.05) is 29.4 Å². The molecule has 23 heavy (non-hydrogen) atoms. The van der Waals surface area contributed by atoms with Crippen LogP contribution in [0.5, 0.6) is 0 Å². The molecule has 9 heteroatoms. The predicted molar refractivity (Wildman–Crippen MR) is 88.7 cm³/mol. The smallest absolute Gasteiger partial charge is 0.377 e. The van der Waals surface area contributed by atoms with Crippen molar-refractivity contribution in [1.82, 2.24) is 4.98 Å². The maximum absolute atomic E-state index is 12.0. The number of ether oxygens (including phenoxy) is 1. The van der Waals surface area contributed by atoms with Gasteiger partial charge in [0.05, 0.1) is 25.1 Å². The average molecular weight is 359 g/mol. The first-order chi connectivity index (χ1) is 10.8. The Balaban J connectivity index is 2.12. The number of aromatic nitrogens is 1. The summed E-state index contributed by atoms with van der Waals surface area (Å²) in [5, 5.41) is 0. The minimum absolute atomic E-state index is 0.171. The quantitative estimate of drug-likeness (QED) is 0.609. The van der Waals surface area contributed by atoms with Crippen molar-refractivity contribution in [3.63, 3.8) is 0 Å². The van der Waals surface area contributed by atoms with Gasteiger partial charge in [-0.3, -0.25) is 19.1 Å². The summed E-state index contributed by atoms with van der Waals surface area (Å²) >= 11 is 4.88. The Morgan fingerprint density at radius 2 is 2.17 bits per heavy atom. The number of aromatic amines is 1. The van der Waals surface area contributed by atoms with Crippen LogP contribution in [0.3, 0.4) is 0 Å². The molecule has 7 nitrogen and oxygen atoms in total. The van der Waals surface area contributed by atoms with Gasteiger partial charge in [0.15, 0.2) is 0 Å². The van der Waals surface area contributed by atoms with Gasteiger partial charge in [-0.1, -0.05) is 18.2 Å². The van der Waals surface area contributed by atoms with E-state index in [2.05, 4.69) is 4.98 Å². The second-order valence-corrected chi connectivity index (χ2v) is 7.83. The van der Waals surface area contributed by atoms with Crippen LogP contribution in [0.2, 0.25) is 0 Å². The van der Waals surface area contributed by atoms with Crippen LogP contribution in [0.15, 0.2) is 34.1 Å². The van der Waals surface area contributed by atoms with E-state index in [9.17, 15) is 14.5 Å². The van der Waals surface area contributed by atoms with E-state index in [1.54, 1.807) is 32.1 Å². The molecule has 0 amide bonds. The highest BCUT2D eigenvalue weighted by Gasteiger charge is 2.33. The van der Waals surface area contributed by atoms with Crippen molar-refractivity contribution >= 4 is 18.5 Å². The zero-order valence-electron chi connectivity index (χ0n) is 12.7. The molecule has 1 fully saturated rings. The highest BCUT2D eigenvalue weighted by Crippen LogP contribution is 2.47. The number of rotatable bonds is 5. The maximum Gasteiger partial charge on any atom is 0.377 e. The largest absolute Gasteiger partial charge is 0.433 e. The van der Waals surface area contributed by atoms with E-state index in [4.69, 9.17) is 25.6 Å². The lowest BCUT2D eigenvalue weighted by atomic mass is 10.1. The zero-order chi connectivity index (χ0) is 17.0. The maximum atomic E-state index is 12.0. The fourth-order valence-corrected chi connectivity index (χ4v) is 3.50. The van der Waals surface area contributed by atoms with Gasteiger partial charge in [-0.2, -0.15) is 0 Å². The molecule has 0 saturated carbocycles. The van der Waals surface area contributed by atoms with E-state index >= 15 is 0 Å². The number of allylic oxidation sites excluding steroid dienone is 1. The summed E-state index contributed by atoms with van der Waals surface area (Å²) in [6.07, 6.45) is 2.17. The van der Waals surface area contributed by atoms with E-state index in [0.29, 0.717) is 17.5 Å². The molecule has 0 aromatic carbocycles. The Morgan fingerprint density at radius 3 is 2.87 bits per heavy atom. The van der Waals surface area contributed by atoms with Crippen molar-refractivity contribution in [3.8, 4) is 0 Å². The van der Waals surface area contributed by atoms with Gasteiger partial charge in [-0.25, -0.2) is 0 Å². The van der Waals surface area contributed by atoms with Gasteiger partial charge in [0.25, 0.3) is 11.1 Å². The van der Waals surface area contributed by atoms with Gasteiger partial charge >= 0.3 is 6.72 Å². The predicted octanol–water partition coefficient (Wildman–Crippen LogP) is 1.66. The molecular formula is C14H18NO6PS. The van der Waals surface area contributed by atoms with Gasteiger partial charge < -0.3 is 14.2 Å². The van der Waals surface area contributed by atoms with Crippen LogP contribution in [-0.2, 0) is 25.6 Å². The minimum Gasteiger partial charge on any atom is -0.433 e. The van der Waals surface area contributed by atoms with Crippen LogP contribution in [0.4, 0.5) is 0 Å². The number of hydrogen-bond donors (Lipinski definition) is 2. The molecule has 1 aliphatic heterocycles. The van der Waals surface area contributed by atoms with Gasteiger partial charge in [0.1, 0.15) is 0 Å². The summed E-state index contributed by atoms with van der Waals surface area (Å²) in [6, 6.07) is 3.13. The lowest BCUT2D eigenvalue weighted by Crippen LogP contribution is -2.20. The second-order valence-electron chi connectivity index (χ2n) is 5.08. The van der Waals surface area contributed by atoms with Crippen molar-refractivity contribution < 1.29 is 18.7 Å². The molecule has 1 aliphatic rings. The standard InChI is InChI=1S/C14H18NO6PS/c1-3-6-20-22(18,23)21-10-7-12(19-8-10)11-5-4-9(2)13(16)15-14(11)17/h3-6,10,12H,7-8H2,1-2H3,(H,18,23)(H,15,16,17)/b6-3+/t10-,12+,22?/m0/s1. The van der Waals surface area contributed by atoms with Crippen molar-refractivity contribution in [2.75, 3.05) is 6.61 Å². The van der Waals surface area contributed by atoms with E-state index in [0.717, 1.165) is 0 Å². The summed E-state index contributed by atoms with van der Waals surface area (Å²) in [7, 11) is 0. The Hall–Kier alpha value is -1.31. The van der Waals surface area contributed by atoms with E-state index in [1.807, 2.05) is 0 Å². The number of H-pyrrole nitrogens is 1. The van der Waals surface area contributed by atoms with Gasteiger partial charge in [-0.15, -0.1) is 0 Å². The third kappa shape index (κ3) is 4.83. The minimum atomic E-state index is -3.39. The molecule has 1 unspecified atom stereocenters. The number of aryl methyl sites for hydroxylation is 1. The Labute approximate surface area is 138 Å². The summed E-state index contributed by atoms with van der Waals surface area (Å²) in [5.74, 6) is 0. The SMILES string of the molecule is C/C=C/OP(O)(=S)O[C@@H]1CO[C@@H](c2ccc(C)c(=O)[nH]c2=O)C1. The topological polar surface area (TPSA) is 97.8 Å². The monoisotopic (exact) mass is 359 g/mol. The van der Waals surface area contributed by atoms with Gasteiger partial charge in [0.2, 0.25) is 0 Å². The Bertz CT molecular complexity index is 762. The number of hydrogen-bond acceptors (Lipinski definition) is 6. The van der Waals surface area contributed by atoms with Crippen LogP contribution >= 0.6 is 6.72 Å². The first-order valence-corrected chi connectivity index (χ1v) is 9.58. The molecule has 0 aliphatic carbocycles. The highest BCUT2D eigenvalue weighted by molar-refractivity contribution is 8.07. The molecule has 1 aromatic heterocycles. The molecule has 0 radical (unpaired) electrons. The molecule has 3 atom stereocenters. The summed E-state index contributed by atoms with van der Waals surface area (Å²) < 4.78 is 15.9. The van der Waals surface area contributed by atoms with Crippen LogP contribution in [0.25, 0.3) is 0 Å². The summed E-state index contributed by atoms with van der Waals surface area (Å²) in [4.78, 5) is 35.8. The molecule has 1 aromatic rings. The first-order valence-electron chi connectivity index (χ1n) is 6.99. The second kappa shape index (κ2) is 7.51. The van der Waals surface area contributed by atoms with E-state index in [1.165, 1.54) is 6.26 Å². The van der Waals surface area contributed by atoms with Gasteiger partial charge in [-0.05, 0) is 13.8 Å². The highest BCUT2D eigenvalue weighted by atomic mass is 32.5. The summed E-state index contributed by atoms with van der Waals surface area (Å²) in [6.45, 7) is 0.118. The van der Waals surface area contributed by atoms with Crippen molar-refractivity contribution in [1.29, 1.82) is 0 Å². The van der Waals surface area contributed by atoms with Crippen molar-refractivity contribution in [2.24, 2.45) is 0 Å². The van der Waals surface area contributed by atoms with E-state index in [-0.39, 0.29) is 6.61 Å².